The third-order valence-corrected chi connectivity index (χ3v) is 6.89. The number of aliphatic hydroxyl groups excluding tert-OH is 1. The monoisotopic (exact) mass is 509 g/mol. The topological polar surface area (TPSA) is 145 Å². The summed E-state index contributed by atoms with van der Waals surface area (Å²) < 4.78 is 7.74. The molecule has 1 aromatic heterocycles. The molecule has 0 aliphatic carbocycles. The Balaban J connectivity index is 1.47. The van der Waals surface area contributed by atoms with Crippen LogP contribution >= 0.6 is 0 Å². The number of ether oxygens (including phenoxy) is 1. The number of hydrogen-bond acceptors (Lipinski definition) is 8. The number of β-amino-alcohol motifs (C(OH)–C–C–N with tert-alkyl or cyclic N) is 1. The molecule has 0 saturated carbocycles. The molecule has 2 aliphatic heterocycles. The fraction of sp³-hybridized carbons (Fsp3) is 0.577. The van der Waals surface area contributed by atoms with Gasteiger partial charge in [-0.25, -0.2) is 4.68 Å². The number of piperidine rings is 1. The van der Waals surface area contributed by atoms with Gasteiger partial charge in [0.05, 0.1) is 23.4 Å². The van der Waals surface area contributed by atoms with Gasteiger partial charge in [-0.2, -0.15) is 5.26 Å². The highest BCUT2D eigenvalue weighted by Gasteiger charge is 2.42. The number of amides is 2. The van der Waals surface area contributed by atoms with Gasteiger partial charge in [0.2, 0.25) is 11.8 Å². The maximum Gasteiger partial charge on any atom is 0.248 e. The lowest BCUT2D eigenvalue weighted by Gasteiger charge is -2.30. The Labute approximate surface area is 216 Å². The van der Waals surface area contributed by atoms with Crippen molar-refractivity contribution in [3.8, 4) is 11.8 Å². The normalized spacial score (nSPS) is 21.0. The highest BCUT2D eigenvalue weighted by molar-refractivity contribution is 5.90. The lowest BCUT2D eigenvalue weighted by Crippen LogP contribution is -2.49. The predicted octanol–water partition coefficient (Wildman–Crippen LogP) is 1.06. The van der Waals surface area contributed by atoms with E-state index in [1.54, 1.807) is 31.3 Å². The van der Waals surface area contributed by atoms with Crippen LogP contribution in [0.5, 0.6) is 5.75 Å². The van der Waals surface area contributed by atoms with Gasteiger partial charge in [0, 0.05) is 31.3 Å². The molecule has 2 saturated heterocycles. The lowest BCUT2D eigenvalue weighted by atomic mass is 10.0. The maximum atomic E-state index is 13.6. The van der Waals surface area contributed by atoms with E-state index < -0.39 is 18.2 Å². The first-order chi connectivity index (χ1) is 17.8. The Morgan fingerprint density at radius 2 is 2.08 bits per heavy atom. The first-order valence-electron chi connectivity index (χ1n) is 12.8. The Morgan fingerprint density at radius 1 is 1.32 bits per heavy atom. The molecule has 2 fully saturated rings. The number of nitrogens with one attached hydrogen (secondary N) is 2. The Hall–Kier alpha value is -3.49. The quantitative estimate of drug-likeness (QED) is 0.479. The number of aliphatic hydroxyl groups is 1. The highest BCUT2D eigenvalue weighted by Crippen LogP contribution is 2.27. The van der Waals surface area contributed by atoms with E-state index >= 15 is 0 Å². The van der Waals surface area contributed by atoms with Crippen molar-refractivity contribution in [2.45, 2.75) is 70.9 Å². The number of aromatic nitrogens is 3. The van der Waals surface area contributed by atoms with Gasteiger partial charge in [0.25, 0.3) is 0 Å². The van der Waals surface area contributed by atoms with Crippen LogP contribution in [-0.4, -0.2) is 74.7 Å². The number of benzene rings is 1. The summed E-state index contributed by atoms with van der Waals surface area (Å²) in [7, 11) is 0. The maximum absolute atomic E-state index is 13.6. The smallest absolute Gasteiger partial charge is 0.248 e. The summed E-state index contributed by atoms with van der Waals surface area (Å²) in [5.74, 6) is -0.139. The minimum atomic E-state index is -0.805. The van der Waals surface area contributed by atoms with Crippen molar-refractivity contribution >= 4 is 11.8 Å². The summed E-state index contributed by atoms with van der Waals surface area (Å²) in [5, 5.41) is 34.0. The second-order valence-electron chi connectivity index (χ2n) is 10.1. The Bertz CT molecular complexity index is 1150. The molecule has 3 atom stereocenters. The summed E-state index contributed by atoms with van der Waals surface area (Å²) in [6.07, 6.45) is 2.84. The van der Waals surface area contributed by atoms with E-state index in [1.165, 1.54) is 9.58 Å². The van der Waals surface area contributed by atoms with Gasteiger partial charge < -0.3 is 25.4 Å². The number of aryl methyl sites for hydroxylation is 1. The molecule has 3 heterocycles. The van der Waals surface area contributed by atoms with E-state index in [2.05, 4.69) is 27.0 Å². The second-order valence-corrected chi connectivity index (χ2v) is 10.1. The fourth-order valence-corrected chi connectivity index (χ4v) is 4.95. The second kappa shape index (κ2) is 11.7. The first kappa shape index (κ1) is 26.6. The summed E-state index contributed by atoms with van der Waals surface area (Å²) in [6.45, 7) is 7.62. The summed E-state index contributed by atoms with van der Waals surface area (Å²) in [6, 6.07) is 5.87. The Kier molecular flexibility index (Phi) is 8.41. The van der Waals surface area contributed by atoms with Crippen molar-refractivity contribution in [2.24, 2.45) is 5.92 Å². The molecule has 0 bridgehead atoms. The summed E-state index contributed by atoms with van der Waals surface area (Å²) in [4.78, 5) is 28.3. The van der Waals surface area contributed by atoms with Crippen LogP contribution in [0, 0.1) is 24.2 Å². The highest BCUT2D eigenvalue weighted by atomic mass is 16.5. The van der Waals surface area contributed by atoms with Crippen molar-refractivity contribution < 1.29 is 19.4 Å². The number of nitrogens with zero attached hydrogens (tertiary/aromatic N) is 5. The summed E-state index contributed by atoms with van der Waals surface area (Å²) >= 11 is 0. The van der Waals surface area contributed by atoms with E-state index in [0.29, 0.717) is 17.0 Å². The molecule has 198 valence electrons. The van der Waals surface area contributed by atoms with E-state index in [4.69, 9.17) is 4.74 Å². The van der Waals surface area contributed by atoms with Gasteiger partial charge in [0.1, 0.15) is 23.9 Å². The van der Waals surface area contributed by atoms with Crippen LogP contribution < -0.4 is 15.4 Å². The number of likely N-dealkylation sites (tertiary alicyclic amines) is 1. The van der Waals surface area contributed by atoms with Crippen molar-refractivity contribution in [2.75, 3.05) is 19.6 Å². The van der Waals surface area contributed by atoms with Crippen molar-refractivity contribution in [1.29, 1.82) is 5.26 Å². The van der Waals surface area contributed by atoms with Gasteiger partial charge in [-0.05, 0) is 50.9 Å². The molecule has 0 unspecified atom stereocenters. The van der Waals surface area contributed by atoms with Crippen LogP contribution in [0.15, 0.2) is 24.4 Å². The van der Waals surface area contributed by atoms with E-state index in [1.807, 2.05) is 13.8 Å². The molecule has 2 aromatic rings. The zero-order valence-electron chi connectivity index (χ0n) is 21.6. The molecule has 37 heavy (non-hydrogen) atoms. The number of nitriles is 1. The molecular weight excluding hydrogens is 474 g/mol. The first-order valence-corrected chi connectivity index (χ1v) is 12.8. The van der Waals surface area contributed by atoms with E-state index in [-0.39, 0.29) is 43.3 Å². The van der Waals surface area contributed by atoms with Crippen LogP contribution in [0.3, 0.4) is 0 Å². The average Bonchev–Trinajstić information content (AvgIpc) is 3.48. The minimum Gasteiger partial charge on any atom is -0.490 e. The van der Waals surface area contributed by atoms with Crippen molar-refractivity contribution in [1.82, 2.24) is 30.5 Å². The van der Waals surface area contributed by atoms with Crippen LogP contribution in [0.1, 0.15) is 56.0 Å². The number of rotatable bonds is 8. The van der Waals surface area contributed by atoms with Gasteiger partial charge in [-0.3, -0.25) is 9.59 Å². The number of carbonyl (C=O) groups excluding carboxylic acids is 2. The van der Waals surface area contributed by atoms with E-state index in [0.717, 1.165) is 31.5 Å². The van der Waals surface area contributed by atoms with Crippen molar-refractivity contribution in [3.63, 3.8) is 0 Å². The van der Waals surface area contributed by atoms with Gasteiger partial charge in [-0.15, -0.1) is 5.10 Å². The van der Waals surface area contributed by atoms with Crippen LogP contribution in [0.2, 0.25) is 0 Å². The molecule has 11 nitrogen and oxygen atoms in total. The molecule has 0 radical (unpaired) electrons. The minimum absolute atomic E-state index is 0.0381. The van der Waals surface area contributed by atoms with Gasteiger partial charge >= 0.3 is 0 Å². The van der Waals surface area contributed by atoms with Gasteiger partial charge in [0.15, 0.2) is 0 Å². The molecule has 0 spiro atoms. The van der Waals surface area contributed by atoms with Crippen LogP contribution in [0.4, 0.5) is 0 Å². The molecule has 2 amide bonds. The van der Waals surface area contributed by atoms with E-state index in [9.17, 15) is 20.0 Å². The molecule has 1 aromatic carbocycles. The molecular formula is C26H35N7O4. The molecule has 11 heteroatoms. The fourth-order valence-electron chi connectivity index (χ4n) is 4.95. The predicted molar refractivity (Wildman–Crippen MR) is 134 cm³/mol. The molecule has 4 rings (SSSR count). The van der Waals surface area contributed by atoms with Crippen LogP contribution in [0.25, 0.3) is 0 Å². The summed E-state index contributed by atoms with van der Waals surface area (Å²) in [5.41, 5.74) is 1.93. The van der Waals surface area contributed by atoms with Crippen LogP contribution in [-0.2, 0) is 16.1 Å². The zero-order chi connectivity index (χ0) is 26.5. The third-order valence-electron chi connectivity index (χ3n) is 6.89. The number of carbonyl (C=O) groups is 2. The molecule has 3 N–H and O–H groups in total. The number of hydrogen-bond donors (Lipinski definition) is 3. The lowest BCUT2D eigenvalue weighted by molar-refractivity contribution is -0.142. The largest absolute Gasteiger partial charge is 0.490 e. The third kappa shape index (κ3) is 6.26. The van der Waals surface area contributed by atoms with Crippen molar-refractivity contribution in [3.05, 3.63) is 41.2 Å². The molecule has 2 aliphatic rings. The average molecular weight is 510 g/mol. The SMILES string of the molecule is Cc1cn([C@H](C(=O)N2C[C@H](O)C[C@H]2C(=O)NCc2ccc(C#N)cc2OC2CCNCC2)C(C)C)nn1. The van der Waals surface area contributed by atoms with Gasteiger partial charge in [-0.1, -0.05) is 25.1 Å². The zero-order valence-corrected chi connectivity index (χ0v) is 21.6. The standard InChI is InChI=1S/C26H35N7O4/c1-16(2)24(33-14-17(3)30-31-33)26(36)32-15-20(34)11-22(32)25(35)29-13-19-5-4-18(12-27)10-23(19)37-21-6-8-28-9-7-21/h4-5,10,14,16,20-22,24,28,34H,6-9,11,13,15H2,1-3H3,(H,29,35)/t20-,22+,24+/m1/s1. The Morgan fingerprint density at radius 3 is 2.73 bits per heavy atom.